The lowest BCUT2D eigenvalue weighted by Gasteiger charge is -2.35. The standard InChI is InChI=1S/C6H10F3O4P/c1-4(2)5(3,6(7,8)9)13-14(10,11)12-4/h1-3H3,(H,10,11)/p-1. The van der Waals surface area contributed by atoms with Gasteiger partial charge >= 0.3 is 6.18 Å². The molecule has 1 heterocycles. The van der Waals surface area contributed by atoms with E-state index in [1.54, 1.807) is 0 Å². The van der Waals surface area contributed by atoms with E-state index >= 15 is 0 Å². The summed E-state index contributed by atoms with van der Waals surface area (Å²) in [6.45, 7) is 2.67. The maximum atomic E-state index is 12.5. The first-order chi connectivity index (χ1) is 5.91. The van der Waals surface area contributed by atoms with Crippen LogP contribution in [0.1, 0.15) is 20.8 Å². The van der Waals surface area contributed by atoms with Crippen LogP contribution in [0.2, 0.25) is 0 Å². The third-order valence-electron chi connectivity index (χ3n) is 2.32. The van der Waals surface area contributed by atoms with Gasteiger partial charge in [-0.1, -0.05) is 0 Å². The van der Waals surface area contributed by atoms with E-state index in [1.165, 1.54) is 0 Å². The molecule has 0 aromatic carbocycles. The highest BCUT2D eigenvalue weighted by Crippen LogP contribution is 2.62. The Bertz CT molecular complexity index is 300. The van der Waals surface area contributed by atoms with Crippen molar-refractivity contribution in [2.45, 2.75) is 38.1 Å². The molecule has 2 atom stereocenters. The molecular formula is C6H9F3O4P-. The summed E-state index contributed by atoms with van der Waals surface area (Å²) >= 11 is 0. The molecule has 1 saturated heterocycles. The summed E-state index contributed by atoms with van der Waals surface area (Å²) in [7, 11) is -4.85. The number of phosphoric ester groups is 1. The summed E-state index contributed by atoms with van der Waals surface area (Å²) in [6.07, 6.45) is -4.81. The highest BCUT2D eigenvalue weighted by atomic mass is 31.2. The van der Waals surface area contributed by atoms with Crippen LogP contribution < -0.4 is 4.89 Å². The van der Waals surface area contributed by atoms with Crippen molar-refractivity contribution in [3.8, 4) is 0 Å². The minimum atomic E-state index is -4.85. The average Bonchev–Trinajstić information content (AvgIpc) is 1.94. The largest absolute Gasteiger partial charge is 0.756 e. The smallest absolute Gasteiger partial charge is 0.420 e. The Labute approximate surface area is 78.6 Å². The zero-order valence-electron chi connectivity index (χ0n) is 7.71. The summed E-state index contributed by atoms with van der Waals surface area (Å²) in [5.41, 5.74) is -4.79. The van der Waals surface area contributed by atoms with Crippen LogP contribution in [0.25, 0.3) is 0 Å². The molecule has 0 amide bonds. The van der Waals surface area contributed by atoms with Gasteiger partial charge in [-0.05, 0) is 20.8 Å². The fourth-order valence-corrected chi connectivity index (χ4v) is 2.65. The molecule has 2 unspecified atom stereocenters. The number of rotatable bonds is 0. The highest BCUT2D eigenvalue weighted by Gasteiger charge is 2.68. The van der Waals surface area contributed by atoms with Crippen molar-refractivity contribution in [2.75, 3.05) is 0 Å². The van der Waals surface area contributed by atoms with Gasteiger partial charge in [0.25, 0.3) is 7.82 Å². The summed E-state index contributed by atoms with van der Waals surface area (Å²) in [5, 5.41) is 0. The molecule has 0 aliphatic carbocycles. The van der Waals surface area contributed by atoms with Crippen LogP contribution in [0.4, 0.5) is 13.2 Å². The molecule has 4 nitrogen and oxygen atoms in total. The second-order valence-corrected chi connectivity index (χ2v) is 4.93. The second-order valence-electron chi connectivity index (χ2n) is 3.67. The van der Waals surface area contributed by atoms with Gasteiger partial charge in [-0.15, -0.1) is 0 Å². The summed E-state index contributed by atoms with van der Waals surface area (Å²) in [4.78, 5) is 10.8. The van der Waals surface area contributed by atoms with Gasteiger partial charge in [0.05, 0.1) is 0 Å². The normalized spacial score (nSPS) is 42.8. The molecule has 1 aliphatic rings. The lowest BCUT2D eigenvalue weighted by molar-refractivity contribution is -0.272. The Morgan fingerprint density at radius 1 is 1.21 bits per heavy atom. The quantitative estimate of drug-likeness (QED) is 0.596. The number of alkyl halides is 3. The first-order valence-corrected chi connectivity index (χ1v) is 5.17. The van der Waals surface area contributed by atoms with Crippen molar-refractivity contribution >= 4 is 7.82 Å². The van der Waals surface area contributed by atoms with E-state index in [1.807, 2.05) is 0 Å². The van der Waals surface area contributed by atoms with Crippen LogP contribution in [0.15, 0.2) is 0 Å². The van der Waals surface area contributed by atoms with Gasteiger partial charge in [-0.3, -0.25) is 9.09 Å². The Balaban J connectivity index is 3.19. The molecule has 8 heteroatoms. The van der Waals surface area contributed by atoms with Gasteiger partial charge in [0.2, 0.25) is 0 Å². The van der Waals surface area contributed by atoms with Crippen molar-refractivity contribution in [1.82, 2.24) is 0 Å². The minimum Gasteiger partial charge on any atom is -0.756 e. The monoisotopic (exact) mass is 233 g/mol. The van der Waals surface area contributed by atoms with E-state index in [-0.39, 0.29) is 0 Å². The molecule has 0 spiro atoms. The second kappa shape index (κ2) is 2.72. The predicted octanol–water partition coefficient (Wildman–Crippen LogP) is 1.60. The Morgan fingerprint density at radius 3 is 1.79 bits per heavy atom. The predicted molar refractivity (Wildman–Crippen MR) is 38.3 cm³/mol. The Morgan fingerprint density at radius 2 is 1.64 bits per heavy atom. The third-order valence-corrected chi connectivity index (χ3v) is 3.59. The fourth-order valence-electron chi connectivity index (χ4n) is 1.11. The van der Waals surface area contributed by atoms with Crippen molar-refractivity contribution in [1.29, 1.82) is 0 Å². The Kier molecular flexibility index (Phi) is 2.33. The zero-order valence-corrected chi connectivity index (χ0v) is 8.61. The van der Waals surface area contributed by atoms with Gasteiger partial charge in [-0.25, -0.2) is 0 Å². The van der Waals surface area contributed by atoms with E-state index in [2.05, 4.69) is 9.05 Å². The summed E-state index contributed by atoms with van der Waals surface area (Å²) < 4.78 is 56.6. The van der Waals surface area contributed by atoms with E-state index in [4.69, 9.17) is 0 Å². The molecule has 0 radical (unpaired) electrons. The number of hydrogen-bond donors (Lipinski definition) is 0. The molecule has 0 saturated carbocycles. The van der Waals surface area contributed by atoms with Gasteiger partial charge in [0.15, 0.2) is 5.60 Å². The van der Waals surface area contributed by atoms with Gasteiger partial charge in [0.1, 0.15) is 5.60 Å². The lowest BCUT2D eigenvalue weighted by atomic mass is 9.87. The molecule has 1 aliphatic heterocycles. The first-order valence-electron chi connectivity index (χ1n) is 3.71. The zero-order chi connectivity index (χ0) is 11.4. The molecule has 1 fully saturated rings. The van der Waals surface area contributed by atoms with Gasteiger partial charge in [0, 0.05) is 0 Å². The van der Waals surface area contributed by atoms with Crippen LogP contribution in [0.5, 0.6) is 0 Å². The molecule has 0 bridgehead atoms. The van der Waals surface area contributed by atoms with Gasteiger partial charge < -0.3 is 9.42 Å². The number of halogens is 3. The topological polar surface area (TPSA) is 58.6 Å². The molecular weight excluding hydrogens is 224 g/mol. The van der Waals surface area contributed by atoms with Crippen molar-refractivity contribution < 1.29 is 31.7 Å². The lowest BCUT2D eigenvalue weighted by Crippen LogP contribution is -2.55. The van der Waals surface area contributed by atoms with E-state index in [9.17, 15) is 22.6 Å². The molecule has 0 N–H and O–H groups in total. The SMILES string of the molecule is CC1(C)OP(=O)([O-])OC1(C)C(F)(F)F. The van der Waals surface area contributed by atoms with Crippen LogP contribution in [-0.2, 0) is 13.6 Å². The maximum absolute atomic E-state index is 12.5. The molecule has 0 aromatic heterocycles. The van der Waals surface area contributed by atoms with E-state index in [0.717, 1.165) is 13.8 Å². The van der Waals surface area contributed by atoms with Crippen LogP contribution in [0, 0.1) is 0 Å². The van der Waals surface area contributed by atoms with E-state index in [0.29, 0.717) is 6.92 Å². The van der Waals surface area contributed by atoms with E-state index < -0.39 is 25.2 Å². The van der Waals surface area contributed by atoms with Crippen molar-refractivity contribution in [3.05, 3.63) is 0 Å². The Hall–Kier alpha value is -0.100. The van der Waals surface area contributed by atoms with Gasteiger partial charge in [-0.2, -0.15) is 13.2 Å². The average molecular weight is 233 g/mol. The minimum absolute atomic E-state index is 0.643. The maximum Gasteiger partial charge on any atom is 0.420 e. The molecule has 14 heavy (non-hydrogen) atoms. The summed E-state index contributed by atoms with van der Waals surface area (Å²) in [6, 6.07) is 0. The molecule has 0 aromatic rings. The number of hydrogen-bond acceptors (Lipinski definition) is 4. The van der Waals surface area contributed by atoms with Crippen LogP contribution in [0.3, 0.4) is 0 Å². The van der Waals surface area contributed by atoms with Crippen LogP contribution in [-0.4, -0.2) is 17.4 Å². The fraction of sp³-hybridized carbons (Fsp3) is 1.00. The number of phosphoric acid groups is 1. The van der Waals surface area contributed by atoms with Crippen molar-refractivity contribution in [3.63, 3.8) is 0 Å². The first kappa shape index (κ1) is 12.0. The summed E-state index contributed by atoms with van der Waals surface area (Å²) in [5.74, 6) is 0. The molecule has 84 valence electrons. The van der Waals surface area contributed by atoms with Crippen molar-refractivity contribution in [2.24, 2.45) is 0 Å². The third kappa shape index (κ3) is 1.58. The van der Waals surface area contributed by atoms with Crippen LogP contribution >= 0.6 is 7.82 Å². The molecule has 1 rings (SSSR count). The highest BCUT2D eigenvalue weighted by molar-refractivity contribution is 7.46.